The molecule has 218 valence electrons. The van der Waals surface area contributed by atoms with E-state index in [9.17, 15) is 9.59 Å². The van der Waals surface area contributed by atoms with Gasteiger partial charge in [-0.15, -0.1) is 0 Å². The number of rotatable bonds is 6. The Morgan fingerprint density at radius 3 is 2.38 bits per heavy atom. The monoisotopic (exact) mass is 568 g/mol. The zero-order valence-corrected chi connectivity index (χ0v) is 24.5. The first-order valence-electron chi connectivity index (χ1n) is 14.3. The van der Waals surface area contributed by atoms with E-state index in [1.807, 2.05) is 31.0 Å². The van der Waals surface area contributed by atoms with Crippen LogP contribution in [0, 0.1) is 5.92 Å². The molecule has 4 aromatic rings. The highest BCUT2D eigenvalue weighted by Gasteiger charge is 2.38. The first kappa shape index (κ1) is 27.6. The molecule has 0 radical (unpaired) electrons. The number of carbonyl (C=O) groups is 2. The van der Waals surface area contributed by atoms with E-state index < -0.39 is 12.1 Å². The standard InChI is InChI=1S/C32H36N6O4/c1-18(2)28(37-31(40)41-5)30(39)38-12-6-7-25(38)29-34-16-24(36-29)20-9-11-22-27(14-20)42-26-13-19(23-15-33-17-35-23)8-10-21(26)32(22,3)4/h8-11,13-18,25,28H,6-7,12H2,1-5H3,(H,33,35)(H,34,36)(H,37,40). The fourth-order valence-electron chi connectivity index (χ4n) is 6.10. The van der Waals surface area contributed by atoms with Gasteiger partial charge in [-0.3, -0.25) is 4.79 Å². The summed E-state index contributed by atoms with van der Waals surface area (Å²) in [4.78, 5) is 42.7. The van der Waals surface area contributed by atoms with Crippen molar-refractivity contribution in [1.82, 2.24) is 30.2 Å². The second-order valence-electron chi connectivity index (χ2n) is 11.8. The lowest BCUT2D eigenvalue weighted by molar-refractivity contribution is -0.135. The highest BCUT2D eigenvalue weighted by atomic mass is 16.5. The molecule has 10 nitrogen and oxygen atoms in total. The number of H-pyrrole nitrogens is 2. The van der Waals surface area contributed by atoms with Crippen LogP contribution < -0.4 is 10.1 Å². The molecule has 2 aliphatic heterocycles. The SMILES string of the molecule is COC(=O)NC(C(=O)N1CCCC1c1ncc(-c2ccc3c(c2)Oc2cc(-c4cnc[nH]4)ccc2C3(C)C)[nH]1)C(C)C. The summed E-state index contributed by atoms with van der Waals surface area (Å²) in [7, 11) is 1.30. The van der Waals surface area contributed by atoms with Gasteiger partial charge in [-0.25, -0.2) is 14.8 Å². The number of likely N-dealkylation sites (tertiary alicyclic amines) is 1. The summed E-state index contributed by atoms with van der Waals surface area (Å²) in [5, 5.41) is 2.70. The molecular weight excluding hydrogens is 532 g/mol. The third-order valence-corrected chi connectivity index (χ3v) is 8.49. The Kier molecular flexibility index (Phi) is 7.00. The molecule has 42 heavy (non-hydrogen) atoms. The van der Waals surface area contributed by atoms with Crippen molar-refractivity contribution in [2.45, 2.75) is 58.0 Å². The molecule has 2 aromatic heterocycles. The number of benzene rings is 2. The molecule has 0 spiro atoms. The van der Waals surface area contributed by atoms with Crippen molar-refractivity contribution in [2.24, 2.45) is 5.92 Å². The third-order valence-electron chi connectivity index (χ3n) is 8.49. The number of methoxy groups -OCH3 is 1. The Balaban J connectivity index is 1.26. The van der Waals surface area contributed by atoms with E-state index in [4.69, 9.17) is 14.5 Å². The Labute approximate surface area is 244 Å². The lowest BCUT2D eigenvalue weighted by atomic mass is 9.75. The van der Waals surface area contributed by atoms with E-state index >= 15 is 0 Å². The second kappa shape index (κ2) is 10.7. The number of nitrogens with one attached hydrogen (secondary N) is 3. The number of amides is 2. The summed E-state index contributed by atoms with van der Waals surface area (Å²) < 4.78 is 11.2. The van der Waals surface area contributed by atoms with Gasteiger partial charge in [0.05, 0.1) is 43.3 Å². The molecule has 10 heteroatoms. The van der Waals surface area contributed by atoms with Crippen LogP contribution in [0.15, 0.2) is 55.1 Å². The zero-order chi connectivity index (χ0) is 29.6. The topological polar surface area (TPSA) is 125 Å². The number of hydrogen-bond donors (Lipinski definition) is 3. The van der Waals surface area contributed by atoms with Crippen molar-refractivity contribution in [3.8, 4) is 34.0 Å². The minimum absolute atomic E-state index is 0.0922. The van der Waals surface area contributed by atoms with E-state index in [2.05, 4.69) is 64.4 Å². The van der Waals surface area contributed by atoms with Crippen LogP contribution in [0.4, 0.5) is 4.79 Å². The minimum Gasteiger partial charge on any atom is -0.457 e. The van der Waals surface area contributed by atoms with Crippen LogP contribution in [-0.4, -0.2) is 56.5 Å². The number of carbonyl (C=O) groups excluding carboxylic acids is 2. The first-order valence-corrected chi connectivity index (χ1v) is 14.3. The summed E-state index contributed by atoms with van der Waals surface area (Å²) >= 11 is 0. The normalized spacial score (nSPS) is 17.8. The zero-order valence-electron chi connectivity index (χ0n) is 24.5. The molecule has 0 saturated carbocycles. The third kappa shape index (κ3) is 4.80. The number of imidazole rings is 2. The molecule has 2 atom stereocenters. The van der Waals surface area contributed by atoms with Gasteiger partial charge in [0, 0.05) is 34.2 Å². The Morgan fingerprint density at radius 1 is 1.07 bits per heavy atom. The maximum atomic E-state index is 13.5. The molecule has 6 rings (SSSR count). The molecule has 2 aliphatic rings. The summed E-state index contributed by atoms with van der Waals surface area (Å²) in [6.07, 6.45) is 6.31. The number of hydrogen-bond acceptors (Lipinski definition) is 6. The van der Waals surface area contributed by atoms with Gasteiger partial charge in [0.15, 0.2) is 0 Å². The van der Waals surface area contributed by atoms with Crippen LogP contribution in [0.25, 0.3) is 22.5 Å². The summed E-state index contributed by atoms with van der Waals surface area (Å²) in [5.74, 6) is 2.13. The van der Waals surface area contributed by atoms with E-state index in [1.54, 1.807) is 12.5 Å². The van der Waals surface area contributed by atoms with E-state index in [0.717, 1.165) is 63.8 Å². The molecule has 3 N–H and O–H groups in total. The molecular formula is C32H36N6O4. The molecule has 1 fully saturated rings. The van der Waals surface area contributed by atoms with Crippen molar-refractivity contribution >= 4 is 12.0 Å². The van der Waals surface area contributed by atoms with Crippen LogP contribution >= 0.6 is 0 Å². The quantitative estimate of drug-likeness (QED) is 0.264. The smallest absolute Gasteiger partial charge is 0.407 e. The summed E-state index contributed by atoms with van der Waals surface area (Å²) in [6.45, 7) is 8.84. The van der Waals surface area contributed by atoms with Gasteiger partial charge in [0.1, 0.15) is 23.4 Å². The predicted octanol–water partition coefficient (Wildman–Crippen LogP) is 5.94. The molecule has 1 saturated heterocycles. The highest BCUT2D eigenvalue weighted by Crippen LogP contribution is 2.49. The maximum Gasteiger partial charge on any atom is 0.407 e. The van der Waals surface area contributed by atoms with Gasteiger partial charge in [0.2, 0.25) is 5.91 Å². The molecule has 4 heterocycles. The molecule has 2 aromatic carbocycles. The van der Waals surface area contributed by atoms with E-state index in [-0.39, 0.29) is 23.3 Å². The number of ether oxygens (including phenoxy) is 2. The van der Waals surface area contributed by atoms with Gasteiger partial charge in [-0.05, 0) is 30.9 Å². The van der Waals surface area contributed by atoms with Crippen LogP contribution in [0.1, 0.15) is 63.5 Å². The number of aromatic nitrogens is 4. The van der Waals surface area contributed by atoms with Crippen LogP contribution in [0.2, 0.25) is 0 Å². The van der Waals surface area contributed by atoms with Crippen LogP contribution in [-0.2, 0) is 14.9 Å². The average molecular weight is 569 g/mol. The predicted molar refractivity (Wildman–Crippen MR) is 158 cm³/mol. The van der Waals surface area contributed by atoms with Crippen molar-refractivity contribution in [3.63, 3.8) is 0 Å². The van der Waals surface area contributed by atoms with Gasteiger partial charge in [-0.1, -0.05) is 52.0 Å². The summed E-state index contributed by atoms with van der Waals surface area (Å²) in [5.41, 5.74) is 5.72. The molecule has 2 unspecified atom stereocenters. The maximum absolute atomic E-state index is 13.5. The Morgan fingerprint density at radius 2 is 1.76 bits per heavy atom. The number of alkyl carbamates (subject to hydrolysis) is 1. The van der Waals surface area contributed by atoms with Gasteiger partial charge in [0.25, 0.3) is 0 Å². The fourth-order valence-corrected chi connectivity index (χ4v) is 6.10. The fraction of sp³-hybridized carbons (Fsp3) is 0.375. The molecule has 0 bridgehead atoms. The van der Waals surface area contributed by atoms with Gasteiger partial charge >= 0.3 is 6.09 Å². The Hall–Kier alpha value is -4.60. The number of nitrogens with zero attached hydrogens (tertiary/aromatic N) is 3. The second-order valence-corrected chi connectivity index (χ2v) is 11.8. The van der Waals surface area contributed by atoms with Gasteiger partial charge in [-0.2, -0.15) is 0 Å². The lowest BCUT2D eigenvalue weighted by Crippen LogP contribution is -2.51. The molecule has 2 amide bonds. The number of aromatic amines is 2. The summed E-state index contributed by atoms with van der Waals surface area (Å²) in [6, 6.07) is 11.6. The largest absolute Gasteiger partial charge is 0.457 e. The van der Waals surface area contributed by atoms with Gasteiger partial charge < -0.3 is 29.7 Å². The number of fused-ring (bicyclic) bond motifs is 2. The van der Waals surface area contributed by atoms with Crippen molar-refractivity contribution in [1.29, 1.82) is 0 Å². The van der Waals surface area contributed by atoms with Crippen LogP contribution in [0.3, 0.4) is 0 Å². The highest BCUT2D eigenvalue weighted by molar-refractivity contribution is 5.86. The van der Waals surface area contributed by atoms with Crippen molar-refractivity contribution < 1.29 is 19.1 Å². The Bertz CT molecular complexity index is 1620. The van der Waals surface area contributed by atoms with E-state index in [0.29, 0.717) is 6.54 Å². The first-order chi connectivity index (χ1) is 20.2. The van der Waals surface area contributed by atoms with Crippen molar-refractivity contribution in [3.05, 3.63) is 72.1 Å². The van der Waals surface area contributed by atoms with Crippen LogP contribution in [0.5, 0.6) is 11.5 Å². The lowest BCUT2D eigenvalue weighted by Gasteiger charge is -2.35. The van der Waals surface area contributed by atoms with Crippen molar-refractivity contribution in [2.75, 3.05) is 13.7 Å². The van der Waals surface area contributed by atoms with E-state index in [1.165, 1.54) is 7.11 Å². The minimum atomic E-state index is -0.676. The molecule has 0 aliphatic carbocycles. The average Bonchev–Trinajstić information content (AvgIpc) is 3.76.